The van der Waals surface area contributed by atoms with Crippen LogP contribution in [0.5, 0.6) is 34.5 Å². The van der Waals surface area contributed by atoms with Crippen molar-refractivity contribution in [2.75, 3.05) is 42.0 Å². The molecule has 260 valence electrons. The Morgan fingerprint density at radius 3 is 2.08 bits per heavy atom. The van der Waals surface area contributed by atoms with Crippen molar-refractivity contribution < 1.29 is 34.0 Å². The fourth-order valence-corrected chi connectivity index (χ4v) is 8.89. The number of methoxy groups -OCH3 is 4. The molecule has 4 heterocycles. The van der Waals surface area contributed by atoms with E-state index in [1.165, 1.54) is 14.2 Å². The molecule has 1 amide bonds. The lowest BCUT2D eigenvalue weighted by molar-refractivity contribution is -0.0724. The Balaban J connectivity index is 1.41. The van der Waals surface area contributed by atoms with Crippen molar-refractivity contribution in [1.29, 1.82) is 5.26 Å². The zero-order chi connectivity index (χ0) is 35.6. The molecule has 0 unspecified atom stereocenters. The molecular formula is C38H41N5O7. The van der Waals surface area contributed by atoms with Crippen molar-refractivity contribution in [3.05, 3.63) is 75.5 Å². The molecule has 3 aliphatic rings. The summed E-state index contributed by atoms with van der Waals surface area (Å²) in [5, 5.41) is 38.6. The number of likely N-dealkylation sites (N-methyl/N-ethyl adjacent to an activating group) is 1. The van der Waals surface area contributed by atoms with E-state index < -0.39 is 24.2 Å². The molecule has 0 radical (unpaired) electrons. The zero-order valence-electron chi connectivity index (χ0n) is 29.2. The van der Waals surface area contributed by atoms with E-state index in [1.54, 1.807) is 20.3 Å². The highest BCUT2D eigenvalue weighted by Crippen LogP contribution is 2.58. The summed E-state index contributed by atoms with van der Waals surface area (Å²) in [4.78, 5) is 22.6. The maximum atomic E-state index is 13.7. The largest absolute Gasteiger partial charge is 0.504 e. The number of hydrogen-bond donors (Lipinski definition) is 3. The van der Waals surface area contributed by atoms with Crippen LogP contribution in [-0.2, 0) is 12.8 Å². The summed E-state index contributed by atoms with van der Waals surface area (Å²) in [6.45, 7) is 3.72. The minimum absolute atomic E-state index is 0.0326. The van der Waals surface area contributed by atoms with Gasteiger partial charge in [-0.3, -0.25) is 14.6 Å². The van der Waals surface area contributed by atoms with E-state index in [9.17, 15) is 20.3 Å². The predicted octanol–water partition coefficient (Wildman–Crippen LogP) is 4.50. The first-order valence-electron chi connectivity index (χ1n) is 16.6. The zero-order valence-corrected chi connectivity index (χ0v) is 29.2. The number of ether oxygens (including phenoxy) is 4. The molecule has 3 N–H and O–H groups in total. The number of benzene rings is 3. The van der Waals surface area contributed by atoms with E-state index in [0.29, 0.717) is 57.9 Å². The minimum atomic E-state index is -0.683. The van der Waals surface area contributed by atoms with Crippen molar-refractivity contribution in [1.82, 2.24) is 20.1 Å². The first-order chi connectivity index (χ1) is 24.1. The van der Waals surface area contributed by atoms with E-state index in [-0.39, 0.29) is 41.4 Å². The monoisotopic (exact) mass is 679 g/mol. The molecular weight excluding hydrogens is 638 g/mol. The fourth-order valence-electron chi connectivity index (χ4n) is 8.89. The van der Waals surface area contributed by atoms with Crippen LogP contribution in [0.3, 0.4) is 0 Å². The lowest BCUT2D eigenvalue weighted by atomic mass is 9.71. The van der Waals surface area contributed by atoms with Crippen LogP contribution < -0.4 is 24.3 Å². The van der Waals surface area contributed by atoms with Crippen molar-refractivity contribution in [2.24, 2.45) is 0 Å². The number of nitrogens with zero attached hydrogens (tertiary/aromatic N) is 4. The molecule has 3 aliphatic heterocycles. The predicted molar refractivity (Wildman–Crippen MR) is 185 cm³/mol. The Morgan fingerprint density at radius 1 is 0.880 bits per heavy atom. The number of pyridine rings is 1. The summed E-state index contributed by atoms with van der Waals surface area (Å²) in [7, 11) is 8.16. The third-order valence-corrected chi connectivity index (χ3v) is 10.9. The van der Waals surface area contributed by atoms with Gasteiger partial charge >= 0.3 is 0 Å². The van der Waals surface area contributed by atoms with E-state index in [2.05, 4.69) is 26.2 Å². The number of para-hydroxylation sites is 1. The second kappa shape index (κ2) is 12.6. The molecule has 12 nitrogen and oxygen atoms in total. The van der Waals surface area contributed by atoms with Crippen molar-refractivity contribution >= 4 is 16.8 Å². The highest BCUT2D eigenvalue weighted by molar-refractivity contribution is 5.95. The third-order valence-electron chi connectivity index (χ3n) is 10.9. The van der Waals surface area contributed by atoms with Crippen LogP contribution in [0, 0.1) is 25.2 Å². The highest BCUT2D eigenvalue weighted by atomic mass is 16.5. The Labute approximate surface area is 290 Å². The molecule has 5 atom stereocenters. The van der Waals surface area contributed by atoms with Gasteiger partial charge in [-0.2, -0.15) is 5.26 Å². The van der Waals surface area contributed by atoms with Gasteiger partial charge in [0, 0.05) is 57.4 Å². The summed E-state index contributed by atoms with van der Waals surface area (Å²) in [6, 6.07) is 11.2. The molecule has 0 aliphatic carbocycles. The molecule has 4 aromatic rings. The van der Waals surface area contributed by atoms with E-state index in [4.69, 9.17) is 18.9 Å². The van der Waals surface area contributed by atoms with Crippen LogP contribution in [0.25, 0.3) is 10.9 Å². The number of phenols is 2. The normalized spacial score (nSPS) is 22.5. The summed E-state index contributed by atoms with van der Waals surface area (Å²) >= 11 is 0. The van der Waals surface area contributed by atoms with Gasteiger partial charge in [-0.05, 0) is 45.9 Å². The number of aromatic nitrogens is 1. The van der Waals surface area contributed by atoms with E-state index >= 15 is 0 Å². The molecule has 1 fully saturated rings. The number of nitriles is 1. The SMILES string of the molecule is COc1c(C)c(OC)c2c(c1O)[C@@H]1[C@@H]3Cc4c(OC)c(C)c(OC)c(O)c4[C@H](CNC(=O)c4ccc5ccccc5n4)N3[C@@H](C#N)[C@H](C2)N1C. The number of rotatable bonds is 7. The van der Waals surface area contributed by atoms with Gasteiger partial charge in [-0.15, -0.1) is 0 Å². The van der Waals surface area contributed by atoms with Gasteiger partial charge in [0.05, 0.1) is 52.1 Å². The topological polar surface area (TPSA) is 150 Å². The second-order valence-electron chi connectivity index (χ2n) is 13.2. The first-order valence-corrected chi connectivity index (χ1v) is 16.6. The average Bonchev–Trinajstić information content (AvgIpc) is 3.11. The van der Waals surface area contributed by atoms with Crippen molar-refractivity contribution in [3.8, 4) is 40.6 Å². The van der Waals surface area contributed by atoms with Crippen LogP contribution in [-0.4, -0.2) is 91.1 Å². The van der Waals surface area contributed by atoms with E-state index in [0.717, 1.165) is 16.5 Å². The number of hydrogen-bond acceptors (Lipinski definition) is 11. The summed E-state index contributed by atoms with van der Waals surface area (Å²) in [5.74, 6) is 1.36. The molecule has 7 rings (SSSR count). The van der Waals surface area contributed by atoms with Crippen LogP contribution >= 0.6 is 0 Å². The van der Waals surface area contributed by atoms with Gasteiger partial charge in [0.1, 0.15) is 23.2 Å². The lowest BCUT2D eigenvalue weighted by Crippen LogP contribution is -2.68. The fraction of sp³-hybridized carbons (Fsp3) is 0.395. The van der Waals surface area contributed by atoms with Gasteiger partial charge in [-0.25, -0.2) is 4.98 Å². The van der Waals surface area contributed by atoms with Crippen LogP contribution in [0.2, 0.25) is 0 Å². The van der Waals surface area contributed by atoms with Gasteiger partial charge in [0.2, 0.25) is 0 Å². The summed E-state index contributed by atoms with van der Waals surface area (Å²) in [6.07, 6.45) is 0.787. The Hall–Kier alpha value is -5.25. The van der Waals surface area contributed by atoms with Crippen molar-refractivity contribution in [2.45, 2.75) is 56.9 Å². The number of aromatic hydroxyl groups is 2. The molecule has 1 aromatic heterocycles. The molecule has 12 heteroatoms. The van der Waals surface area contributed by atoms with Gasteiger partial charge < -0.3 is 34.5 Å². The molecule has 3 aromatic carbocycles. The molecule has 2 bridgehead atoms. The molecule has 50 heavy (non-hydrogen) atoms. The number of amides is 1. The van der Waals surface area contributed by atoms with Gasteiger partial charge in [-0.1, -0.05) is 24.3 Å². The maximum Gasteiger partial charge on any atom is 0.269 e. The van der Waals surface area contributed by atoms with Crippen LogP contribution in [0.15, 0.2) is 36.4 Å². The smallest absolute Gasteiger partial charge is 0.269 e. The number of carbonyl (C=O) groups is 1. The number of piperazine rings is 1. The molecule has 0 saturated carbocycles. The Kier molecular flexibility index (Phi) is 8.36. The van der Waals surface area contributed by atoms with E-state index in [1.807, 2.05) is 51.2 Å². The van der Waals surface area contributed by atoms with Crippen LogP contribution in [0.1, 0.15) is 56.0 Å². The van der Waals surface area contributed by atoms with Gasteiger partial charge in [0.15, 0.2) is 23.0 Å². The second-order valence-corrected chi connectivity index (χ2v) is 13.2. The minimum Gasteiger partial charge on any atom is -0.504 e. The number of fused-ring (bicyclic) bond motifs is 8. The maximum absolute atomic E-state index is 13.7. The first kappa shape index (κ1) is 33.3. The highest BCUT2D eigenvalue weighted by Gasteiger charge is 2.57. The molecule has 1 saturated heterocycles. The Morgan fingerprint density at radius 2 is 1.46 bits per heavy atom. The number of phenolic OH excluding ortho intramolecular Hbond substituents is 2. The Bertz CT molecular complexity index is 2080. The average molecular weight is 680 g/mol. The lowest BCUT2D eigenvalue weighted by Gasteiger charge is -2.60. The van der Waals surface area contributed by atoms with Crippen molar-refractivity contribution in [3.63, 3.8) is 0 Å². The van der Waals surface area contributed by atoms with Gasteiger partial charge in [0.25, 0.3) is 5.91 Å². The quantitative estimate of drug-likeness (QED) is 0.254. The summed E-state index contributed by atoms with van der Waals surface area (Å²) < 4.78 is 23.3. The third kappa shape index (κ3) is 4.71. The number of nitrogens with one attached hydrogen (secondary N) is 1. The standard InChI is InChI=1S/C38H41N5O7/c1-18-34(47-4)21-15-26-31-30-22(35(48-5)19(2)37(50-7)33(30)45)14-25(42(31)3)27(16-39)43(26)28(29(21)32(44)36(18)49-6)17-40-38(46)24-13-12-20-10-8-9-11-23(20)41-24/h8-13,25-28,31,44-45H,14-15,17H2,1-7H3,(H,40,46)/t25-,26-,27-,28-,31-/m0/s1. The molecule has 0 spiro atoms. The van der Waals surface area contributed by atoms with Crippen LogP contribution in [0.4, 0.5) is 0 Å². The number of carbonyl (C=O) groups excluding carboxylic acids is 1. The summed E-state index contributed by atoms with van der Waals surface area (Å²) in [5.41, 5.74) is 5.05.